The van der Waals surface area contributed by atoms with Gasteiger partial charge in [0.05, 0.1) is 6.20 Å². The van der Waals surface area contributed by atoms with Gasteiger partial charge in [0.15, 0.2) is 0 Å². The third-order valence-corrected chi connectivity index (χ3v) is 2.51. The maximum atomic E-state index is 11.2. The molecule has 94 valence electrons. The Kier molecular flexibility index (Phi) is 5.18. The zero-order valence-corrected chi connectivity index (χ0v) is 10.4. The Hall–Kier alpha value is -1.33. The van der Waals surface area contributed by atoms with Crippen molar-refractivity contribution in [3.8, 4) is 5.75 Å². The number of nitrogens with zero attached hydrogens (tertiary/aromatic N) is 1. The maximum absolute atomic E-state index is 11.2. The van der Waals surface area contributed by atoms with E-state index in [0.29, 0.717) is 11.4 Å². The van der Waals surface area contributed by atoms with Crippen LogP contribution in [0.15, 0.2) is 18.3 Å². The molecule has 1 aromatic rings. The van der Waals surface area contributed by atoms with Gasteiger partial charge in [-0.25, -0.2) is 4.98 Å². The minimum atomic E-state index is -0.186. The average Bonchev–Trinajstić information content (AvgIpc) is 2.82. The summed E-state index contributed by atoms with van der Waals surface area (Å²) in [7, 11) is 1.58. The molecule has 2 N–H and O–H groups in total. The fourth-order valence-corrected chi connectivity index (χ4v) is 1.63. The predicted octanol–water partition coefficient (Wildman–Crippen LogP) is 0.604. The second kappa shape index (κ2) is 6.42. The molecule has 0 aromatic carbocycles. The fourth-order valence-electron chi connectivity index (χ4n) is 1.63. The third-order valence-electron chi connectivity index (χ3n) is 2.51. The summed E-state index contributed by atoms with van der Waals surface area (Å²) in [6, 6.07) is 3.44. The van der Waals surface area contributed by atoms with Crippen LogP contribution in [0.5, 0.6) is 5.75 Å². The first kappa shape index (κ1) is 13.7. The van der Waals surface area contributed by atoms with E-state index < -0.39 is 0 Å². The van der Waals surface area contributed by atoms with Crippen LogP contribution in [-0.2, 0) is 0 Å². The number of hydrogen-bond acceptors (Lipinski definition) is 4. The molecule has 6 heteroatoms. The molecule has 5 nitrogen and oxygen atoms in total. The number of rotatable bonds is 3. The van der Waals surface area contributed by atoms with Crippen molar-refractivity contribution in [2.45, 2.75) is 12.5 Å². The van der Waals surface area contributed by atoms with Crippen LogP contribution in [0.4, 0.5) is 0 Å². The summed E-state index contributed by atoms with van der Waals surface area (Å²) in [5.41, 5.74) is 0.402. The normalized spacial score (nSPS) is 18.3. The minimum Gasteiger partial charge on any atom is -0.487 e. The van der Waals surface area contributed by atoms with Crippen molar-refractivity contribution < 1.29 is 9.53 Å². The van der Waals surface area contributed by atoms with E-state index >= 15 is 0 Å². The Labute approximate surface area is 106 Å². The Morgan fingerprint density at radius 2 is 2.41 bits per heavy atom. The third kappa shape index (κ3) is 3.57. The molecule has 1 aliphatic rings. The van der Waals surface area contributed by atoms with Crippen molar-refractivity contribution in [3.05, 3.63) is 24.0 Å². The lowest BCUT2D eigenvalue weighted by molar-refractivity contribution is 0.0958. The summed E-state index contributed by atoms with van der Waals surface area (Å²) in [4.78, 5) is 15.3. The van der Waals surface area contributed by atoms with Crippen LogP contribution < -0.4 is 15.4 Å². The molecule has 0 aliphatic carbocycles. The lowest BCUT2D eigenvalue weighted by Gasteiger charge is -2.11. The van der Waals surface area contributed by atoms with Gasteiger partial charge in [-0.1, -0.05) is 0 Å². The van der Waals surface area contributed by atoms with Crippen LogP contribution in [-0.4, -0.2) is 37.1 Å². The van der Waals surface area contributed by atoms with Crippen LogP contribution in [0, 0.1) is 0 Å². The van der Waals surface area contributed by atoms with Gasteiger partial charge in [-0.15, -0.1) is 12.4 Å². The quantitative estimate of drug-likeness (QED) is 0.833. The number of pyridine rings is 1. The second-order valence-electron chi connectivity index (χ2n) is 3.69. The van der Waals surface area contributed by atoms with Crippen molar-refractivity contribution in [2.75, 3.05) is 20.1 Å². The summed E-state index contributed by atoms with van der Waals surface area (Å²) in [5.74, 6) is 0.524. The van der Waals surface area contributed by atoms with Gasteiger partial charge in [0, 0.05) is 13.6 Å². The maximum Gasteiger partial charge on any atom is 0.269 e. The Balaban J connectivity index is 0.00000144. The first-order chi connectivity index (χ1) is 7.79. The number of ether oxygens (including phenoxy) is 1. The molecule has 1 amide bonds. The van der Waals surface area contributed by atoms with E-state index in [1.165, 1.54) is 0 Å². The molecule has 1 unspecified atom stereocenters. The van der Waals surface area contributed by atoms with E-state index in [0.717, 1.165) is 19.5 Å². The Bertz CT molecular complexity index is 363. The standard InChI is InChI=1S/C11H15N3O2.ClH/c1-12-11(15)10-3-2-8(7-14-10)16-9-4-5-13-6-9;/h2-3,7,9,13H,4-6H2,1H3,(H,12,15);1H. The molecule has 0 radical (unpaired) electrons. The van der Waals surface area contributed by atoms with Gasteiger partial charge in [-0.05, 0) is 25.1 Å². The molecule has 2 heterocycles. The molecular weight excluding hydrogens is 242 g/mol. The molecular formula is C11H16ClN3O2. The zero-order valence-electron chi connectivity index (χ0n) is 9.60. The van der Waals surface area contributed by atoms with Gasteiger partial charge in [0.1, 0.15) is 17.5 Å². The van der Waals surface area contributed by atoms with E-state index in [-0.39, 0.29) is 24.4 Å². The van der Waals surface area contributed by atoms with Crippen LogP contribution in [0.3, 0.4) is 0 Å². The topological polar surface area (TPSA) is 63.2 Å². The highest BCUT2D eigenvalue weighted by Gasteiger charge is 2.16. The van der Waals surface area contributed by atoms with Crippen molar-refractivity contribution in [2.24, 2.45) is 0 Å². The lowest BCUT2D eigenvalue weighted by atomic mass is 10.3. The fraction of sp³-hybridized carbons (Fsp3) is 0.455. The predicted molar refractivity (Wildman–Crippen MR) is 66.8 cm³/mol. The SMILES string of the molecule is CNC(=O)c1ccc(OC2CCNC2)cn1.Cl. The van der Waals surface area contributed by atoms with Crippen molar-refractivity contribution in [1.29, 1.82) is 0 Å². The van der Waals surface area contributed by atoms with Gasteiger partial charge < -0.3 is 15.4 Å². The summed E-state index contributed by atoms with van der Waals surface area (Å²) in [5, 5.41) is 5.74. The van der Waals surface area contributed by atoms with E-state index in [1.807, 2.05) is 0 Å². The minimum absolute atomic E-state index is 0. The molecule has 0 spiro atoms. The van der Waals surface area contributed by atoms with E-state index in [4.69, 9.17) is 4.74 Å². The van der Waals surface area contributed by atoms with Crippen LogP contribution in [0.25, 0.3) is 0 Å². The number of amides is 1. The summed E-state index contributed by atoms with van der Waals surface area (Å²) < 4.78 is 5.69. The van der Waals surface area contributed by atoms with E-state index in [1.54, 1.807) is 25.4 Å². The lowest BCUT2D eigenvalue weighted by Crippen LogP contribution is -2.21. The molecule has 0 bridgehead atoms. The summed E-state index contributed by atoms with van der Waals surface area (Å²) in [6.45, 7) is 1.87. The van der Waals surface area contributed by atoms with Crippen molar-refractivity contribution in [1.82, 2.24) is 15.6 Å². The highest BCUT2D eigenvalue weighted by molar-refractivity contribution is 5.91. The molecule has 1 atom stereocenters. The molecule has 1 fully saturated rings. The number of aromatic nitrogens is 1. The first-order valence-corrected chi connectivity index (χ1v) is 5.35. The van der Waals surface area contributed by atoms with Crippen LogP contribution >= 0.6 is 12.4 Å². The van der Waals surface area contributed by atoms with Gasteiger partial charge in [0.2, 0.25) is 0 Å². The molecule has 1 aliphatic heterocycles. The molecule has 17 heavy (non-hydrogen) atoms. The van der Waals surface area contributed by atoms with Crippen molar-refractivity contribution >= 4 is 18.3 Å². The summed E-state index contributed by atoms with van der Waals surface area (Å²) in [6.07, 6.45) is 2.81. The van der Waals surface area contributed by atoms with Crippen LogP contribution in [0.2, 0.25) is 0 Å². The number of hydrogen-bond donors (Lipinski definition) is 2. The molecule has 1 aromatic heterocycles. The number of carbonyl (C=O) groups excluding carboxylic acids is 1. The van der Waals surface area contributed by atoms with Gasteiger partial charge >= 0.3 is 0 Å². The highest BCUT2D eigenvalue weighted by Crippen LogP contribution is 2.14. The smallest absolute Gasteiger partial charge is 0.269 e. The molecule has 1 saturated heterocycles. The largest absolute Gasteiger partial charge is 0.487 e. The van der Waals surface area contributed by atoms with Crippen molar-refractivity contribution in [3.63, 3.8) is 0 Å². The number of halogens is 1. The zero-order chi connectivity index (χ0) is 11.4. The summed E-state index contributed by atoms with van der Waals surface area (Å²) >= 11 is 0. The Morgan fingerprint density at radius 3 is 2.94 bits per heavy atom. The number of nitrogens with one attached hydrogen (secondary N) is 2. The van der Waals surface area contributed by atoms with E-state index in [2.05, 4.69) is 15.6 Å². The average molecular weight is 258 g/mol. The monoisotopic (exact) mass is 257 g/mol. The van der Waals surface area contributed by atoms with Gasteiger partial charge in [-0.3, -0.25) is 4.79 Å². The van der Waals surface area contributed by atoms with Gasteiger partial charge in [0.25, 0.3) is 5.91 Å². The Morgan fingerprint density at radius 1 is 1.59 bits per heavy atom. The van der Waals surface area contributed by atoms with Gasteiger partial charge in [-0.2, -0.15) is 0 Å². The molecule has 2 rings (SSSR count). The molecule has 0 saturated carbocycles. The first-order valence-electron chi connectivity index (χ1n) is 5.35. The van der Waals surface area contributed by atoms with E-state index in [9.17, 15) is 4.79 Å². The second-order valence-corrected chi connectivity index (χ2v) is 3.69. The highest BCUT2D eigenvalue weighted by atomic mass is 35.5. The number of carbonyl (C=O) groups is 1. The van der Waals surface area contributed by atoms with Crippen LogP contribution in [0.1, 0.15) is 16.9 Å².